The number of halogens is 1. The molecule has 0 aliphatic rings. The fourth-order valence-corrected chi connectivity index (χ4v) is 3.64. The minimum absolute atomic E-state index is 0.249. The van der Waals surface area contributed by atoms with E-state index in [0.29, 0.717) is 10.9 Å². The first-order chi connectivity index (χ1) is 15.1. The van der Waals surface area contributed by atoms with Gasteiger partial charge in [0, 0.05) is 10.9 Å². The van der Waals surface area contributed by atoms with Gasteiger partial charge in [0.15, 0.2) is 0 Å². The third kappa shape index (κ3) is 4.93. The number of benzene rings is 4. The average Bonchev–Trinajstić information content (AvgIpc) is 2.80. The van der Waals surface area contributed by atoms with E-state index in [1.807, 2.05) is 37.3 Å². The minimum atomic E-state index is -0.249. The van der Waals surface area contributed by atoms with Gasteiger partial charge in [0.25, 0.3) is 0 Å². The number of fused-ring (bicyclic) bond motifs is 1. The van der Waals surface area contributed by atoms with E-state index in [4.69, 9.17) is 0 Å². The second-order valence-corrected chi connectivity index (χ2v) is 7.78. The third-order valence-electron chi connectivity index (χ3n) is 5.47. The van der Waals surface area contributed by atoms with Gasteiger partial charge < -0.3 is 0 Å². The van der Waals surface area contributed by atoms with Gasteiger partial charge in [-0.1, -0.05) is 90.2 Å². The highest BCUT2D eigenvalue weighted by Crippen LogP contribution is 2.23. The lowest BCUT2D eigenvalue weighted by molar-refractivity contribution is 0.636. The van der Waals surface area contributed by atoms with Gasteiger partial charge in [0.1, 0.15) is 5.82 Å². The molecule has 0 aliphatic carbocycles. The largest absolute Gasteiger partial charge is 0.205 e. The van der Waals surface area contributed by atoms with Gasteiger partial charge in [-0.2, -0.15) is 0 Å². The summed E-state index contributed by atoms with van der Waals surface area (Å²) in [5, 5.41) is 1.54. The highest BCUT2D eigenvalue weighted by Gasteiger charge is 2.06. The molecule has 0 aromatic heterocycles. The van der Waals surface area contributed by atoms with E-state index >= 15 is 4.39 Å². The maximum atomic E-state index is 15.0. The summed E-state index contributed by atoms with van der Waals surface area (Å²) in [7, 11) is 0. The quantitative estimate of drug-likeness (QED) is 0.240. The maximum Gasteiger partial charge on any atom is 0.146 e. The lowest BCUT2D eigenvalue weighted by Gasteiger charge is -2.05. The van der Waals surface area contributed by atoms with Crippen molar-refractivity contribution in [1.29, 1.82) is 0 Å². The molecule has 1 heteroatoms. The van der Waals surface area contributed by atoms with Crippen LogP contribution < -0.4 is 0 Å². The smallest absolute Gasteiger partial charge is 0.146 e. The average molecular weight is 405 g/mol. The molecule has 4 aromatic carbocycles. The monoisotopic (exact) mass is 404 g/mol. The van der Waals surface area contributed by atoms with Crippen LogP contribution in [0.15, 0.2) is 91.0 Å². The molecular formula is C30H25F. The summed E-state index contributed by atoms with van der Waals surface area (Å²) in [5.74, 6) is 5.86. The minimum Gasteiger partial charge on any atom is -0.205 e. The normalized spacial score (nSPS) is 10.9. The third-order valence-corrected chi connectivity index (χ3v) is 5.47. The van der Waals surface area contributed by atoms with Gasteiger partial charge in [-0.25, -0.2) is 4.39 Å². The van der Waals surface area contributed by atoms with Gasteiger partial charge in [-0.15, -0.1) is 0 Å². The Bertz CT molecular complexity index is 1280. The molecule has 0 nitrogen and oxygen atoms in total. The van der Waals surface area contributed by atoms with Crippen molar-refractivity contribution in [3.05, 3.63) is 119 Å². The molecule has 4 aromatic rings. The summed E-state index contributed by atoms with van der Waals surface area (Å²) in [5.41, 5.74) is 6.08. The van der Waals surface area contributed by atoms with Crippen LogP contribution in [0.1, 0.15) is 35.6 Å². The van der Waals surface area contributed by atoms with Crippen LogP contribution in [0.5, 0.6) is 0 Å². The van der Waals surface area contributed by atoms with Gasteiger partial charge in [-0.3, -0.25) is 0 Å². The number of rotatable bonds is 4. The zero-order chi connectivity index (χ0) is 21.6. The van der Waals surface area contributed by atoms with Crippen LogP contribution in [0.3, 0.4) is 0 Å². The molecule has 4 rings (SSSR count). The first kappa shape index (κ1) is 20.6. The lowest BCUT2D eigenvalue weighted by Crippen LogP contribution is -1.89. The van der Waals surface area contributed by atoms with Crippen molar-refractivity contribution >= 4 is 10.8 Å². The number of aryl methyl sites for hydroxylation is 2. The second-order valence-electron chi connectivity index (χ2n) is 7.78. The Kier molecular flexibility index (Phi) is 6.29. The molecule has 0 bridgehead atoms. The number of allylic oxidation sites excluding steroid dienone is 2. The second kappa shape index (κ2) is 9.45. The number of hydrogen-bond acceptors (Lipinski definition) is 0. The SMILES string of the molecule is C/C=C/CCc1ccc2c(F)c(C#Cc3ccc(-c4ccc(C)cc4)cc3)ccc2c1. The van der Waals surface area contributed by atoms with E-state index in [1.165, 1.54) is 16.7 Å². The predicted molar refractivity (Wildman–Crippen MR) is 130 cm³/mol. The highest BCUT2D eigenvalue weighted by molar-refractivity contribution is 5.85. The molecule has 0 saturated heterocycles. The maximum absolute atomic E-state index is 15.0. The molecule has 31 heavy (non-hydrogen) atoms. The molecule has 0 unspecified atom stereocenters. The first-order valence-electron chi connectivity index (χ1n) is 10.7. The molecule has 0 aliphatic heterocycles. The molecule has 152 valence electrons. The fourth-order valence-electron chi connectivity index (χ4n) is 3.64. The standard InChI is InChI=1S/C30H25F/c1-3-4-5-6-24-12-20-29-28(21-24)19-18-27(30(29)31)17-11-23-9-15-26(16-10-23)25-13-7-22(2)8-14-25/h3-4,7-10,12-16,18-21H,5-6H2,1-2H3/b4-3+. The molecule has 0 amide bonds. The lowest BCUT2D eigenvalue weighted by atomic mass is 10.0. The van der Waals surface area contributed by atoms with Crippen LogP contribution >= 0.6 is 0 Å². The van der Waals surface area contributed by atoms with Gasteiger partial charge in [0.05, 0.1) is 5.56 Å². The van der Waals surface area contributed by atoms with Crippen molar-refractivity contribution in [3.63, 3.8) is 0 Å². The van der Waals surface area contributed by atoms with E-state index in [0.717, 1.165) is 29.4 Å². The Balaban J connectivity index is 1.55. The Morgan fingerprint density at radius 2 is 1.52 bits per heavy atom. The molecule has 0 N–H and O–H groups in total. The van der Waals surface area contributed by atoms with Gasteiger partial charge >= 0.3 is 0 Å². The van der Waals surface area contributed by atoms with Crippen LogP contribution in [0.25, 0.3) is 21.9 Å². The molecule has 0 saturated carbocycles. The molecule has 0 radical (unpaired) electrons. The van der Waals surface area contributed by atoms with Gasteiger partial charge in [0.2, 0.25) is 0 Å². The van der Waals surface area contributed by atoms with Crippen LogP contribution in [-0.2, 0) is 6.42 Å². The summed E-state index contributed by atoms with van der Waals surface area (Å²) >= 11 is 0. The molecule has 0 fully saturated rings. The van der Waals surface area contributed by atoms with Crippen molar-refractivity contribution in [3.8, 4) is 23.0 Å². The zero-order valence-corrected chi connectivity index (χ0v) is 18.0. The summed E-state index contributed by atoms with van der Waals surface area (Å²) < 4.78 is 15.0. The van der Waals surface area contributed by atoms with Gasteiger partial charge in [-0.05, 0) is 67.0 Å². The van der Waals surface area contributed by atoms with Crippen LogP contribution in [0.4, 0.5) is 4.39 Å². The van der Waals surface area contributed by atoms with Crippen molar-refractivity contribution in [1.82, 2.24) is 0 Å². The van der Waals surface area contributed by atoms with E-state index < -0.39 is 0 Å². The van der Waals surface area contributed by atoms with Crippen molar-refractivity contribution < 1.29 is 4.39 Å². The molecule has 0 spiro atoms. The first-order valence-corrected chi connectivity index (χ1v) is 10.7. The Labute approximate surface area is 184 Å². The number of hydrogen-bond donors (Lipinski definition) is 0. The van der Waals surface area contributed by atoms with E-state index in [-0.39, 0.29) is 5.82 Å². The van der Waals surface area contributed by atoms with Crippen molar-refractivity contribution in [2.75, 3.05) is 0 Å². The molecular weight excluding hydrogens is 379 g/mol. The Morgan fingerprint density at radius 1 is 0.806 bits per heavy atom. The van der Waals surface area contributed by atoms with Crippen molar-refractivity contribution in [2.24, 2.45) is 0 Å². The van der Waals surface area contributed by atoms with E-state index in [2.05, 4.69) is 73.4 Å². The highest BCUT2D eigenvalue weighted by atomic mass is 19.1. The summed E-state index contributed by atoms with van der Waals surface area (Å²) in [4.78, 5) is 0. The summed E-state index contributed by atoms with van der Waals surface area (Å²) in [6, 6.07) is 26.2. The van der Waals surface area contributed by atoms with Crippen LogP contribution in [0.2, 0.25) is 0 Å². The fraction of sp³-hybridized carbons (Fsp3) is 0.133. The predicted octanol–water partition coefficient (Wildman–Crippen LogP) is 7.86. The van der Waals surface area contributed by atoms with E-state index in [1.54, 1.807) is 6.07 Å². The molecule has 0 atom stereocenters. The van der Waals surface area contributed by atoms with Crippen LogP contribution in [-0.4, -0.2) is 0 Å². The Morgan fingerprint density at radius 3 is 2.23 bits per heavy atom. The zero-order valence-electron chi connectivity index (χ0n) is 18.0. The molecule has 0 heterocycles. The summed E-state index contributed by atoms with van der Waals surface area (Å²) in [6.45, 7) is 4.11. The van der Waals surface area contributed by atoms with Crippen molar-refractivity contribution in [2.45, 2.75) is 26.7 Å². The Hall–Kier alpha value is -3.63. The van der Waals surface area contributed by atoms with Crippen LogP contribution in [0, 0.1) is 24.6 Å². The topological polar surface area (TPSA) is 0 Å². The summed E-state index contributed by atoms with van der Waals surface area (Å²) in [6.07, 6.45) is 6.16. The van der Waals surface area contributed by atoms with E-state index in [9.17, 15) is 0 Å².